The molecular weight excluding hydrogens is 390 g/mol. The quantitative estimate of drug-likeness (QED) is 0.515. The van der Waals surface area contributed by atoms with Crippen molar-refractivity contribution in [3.63, 3.8) is 0 Å². The highest BCUT2D eigenvalue weighted by Gasteiger charge is 2.19. The van der Waals surface area contributed by atoms with Gasteiger partial charge in [0.2, 0.25) is 0 Å². The Hall–Kier alpha value is -2.40. The third kappa shape index (κ3) is 9.75. The van der Waals surface area contributed by atoms with Crippen molar-refractivity contribution in [3.8, 4) is 17.2 Å². The van der Waals surface area contributed by atoms with Crippen LogP contribution in [-0.2, 0) is 4.57 Å². The normalized spacial score (nSPS) is 10.5. The summed E-state index contributed by atoms with van der Waals surface area (Å²) in [6.45, 7) is 0. The van der Waals surface area contributed by atoms with Crippen LogP contribution >= 0.6 is 16.4 Å². The van der Waals surface area contributed by atoms with Gasteiger partial charge in [0.15, 0.2) is 0 Å². The van der Waals surface area contributed by atoms with E-state index in [1.54, 1.807) is 0 Å². The molecule has 0 aliphatic carbocycles. The van der Waals surface area contributed by atoms with Gasteiger partial charge in [0, 0.05) is 0 Å². The van der Waals surface area contributed by atoms with Gasteiger partial charge in [0.05, 0.1) is 0 Å². The van der Waals surface area contributed by atoms with Crippen LogP contribution in [0.2, 0.25) is 0 Å². The molecule has 0 unspecified atom stereocenters. The van der Waals surface area contributed by atoms with Crippen LogP contribution in [-0.4, -0.2) is 14.7 Å². The van der Waals surface area contributed by atoms with Crippen molar-refractivity contribution in [2.24, 2.45) is 0 Å². The molecule has 3 aromatic rings. The van der Waals surface area contributed by atoms with Gasteiger partial charge in [-0.25, -0.2) is 4.57 Å². The van der Waals surface area contributed by atoms with E-state index in [9.17, 15) is 0 Å². The molecule has 0 atom stereocenters. The van der Waals surface area contributed by atoms with Crippen molar-refractivity contribution < 1.29 is 32.8 Å². The number of hydrogen-bond acceptors (Lipinski definition) is 4. The highest BCUT2D eigenvalue weighted by atomic mass is 31.2. The molecule has 0 radical (unpaired) electrons. The van der Waals surface area contributed by atoms with Gasteiger partial charge in [-0.3, -0.25) is 0 Å². The monoisotopic (exact) mass is 408 g/mol. The Labute approximate surface area is 158 Å². The van der Waals surface area contributed by atoms with Gasteiger partial charge in [-0.05, 0) is 36.4 Å². The average Bonchev–Trinajstić information content (AvgIpc) is 2.63. The molecule has 0 saturated carbocycles. The predicted molar refractivity (Wildman–Crippen MR) is 102 cm³/mol. The first-order valence-corrected chi connectivity index (χ1v) is 10.3. The summed E-state index contributed by atoms with van der Waals surface area (Å²) in [7, 11) is -6.23. The number of para-hydroxylation sites is 3. The summed E-state index contributed by atoms with van der Waals surface area (Å²) in [5, 5.41) is 0. The van der Waals surface area contributed by atoms with E-state index < -0.39 is 16.4 Å². The van der Waals surface area contributed by atoms with Crippen LogP contribution in [0.25, 0.3) is 0 Å². The Kier molecular flexibility index (Phi) is 8.27. The maximum atomic E-state index is 8.88. The fraction of sp³-hybridized carbons (Fsp3) is 0. The van der Waals surface area contributed by atoms with Crippen LogP contribution in [0, 0.1) is 0 Å². The van der Waals surface area contributed by atoms with Crippen LogP contribution in [0.4, 0.5) is 0 Å². The first-order chi connectivity index (χ1) is 12.9. The van der Waals surface area contributed by atoms with Crippen LogP contribution in [0.3, 0.4) is 0 Å². The van der Waals surface area contributed by atoms with Crippen LogP contribution in [0.1, 0.15) is 0 Å². The van der Waals surface area contributed by atoms with E-state index in [2.05, 4.69) is 0 Å². The molecule has 0 bridgehead atoms. The van der Waals surface area contributed by atoms with Crippen LogP contribution in [0.15, 0.2) is 91.0 Å². The molecule has 0 saturated heterocycles. The molecule has 3 N–H and O–H groups in total. The van der Waals surface area contributed by atoms with E-state index >= 15 is 0 Å². The Morgan fingerprint density at radius 3 is 1.00 bits per heavy atom. The van der Waals surface area contributed by atoms with Gasteiger partial charge >= 0.3 is 16.4 Å². The lowest BCUT2D eigenvalue weighted by atomic mass is 10.3. The van der Waals surface area contributed by atoms with Crippen LogP contribution < -0.4 is 13.6 Å². The Balaban J connectivity index is 0.000000465. The third-order valence-corrected chi connectivity index (χ3v) is 3.85. The molecule has 3 rings (SSSR count). The molecule has 3 aromatic carbocycles. The molecule has 0 heterocycles. The van der Waals surface area contributed by atoms with Gasteiger partial charge in [-0.1, -0.05) is 54.6 Å². The molecule has 0 spiro atoms. The van der Waals surface area contributed by atoms with Crippen molar-refractivity contribution in [3.05, 3.63) is 91.0 Å². The molecule has 0 aromatic heterocycles. The zero-order chi connectivity index (χ0) is 19.5. The molecule has 0 aliphatic rings. The minimum absolute atomic E-state index is 0.709. The Morgan fingerprint density at radius 2 is 0.778 bits per heavy atom. The van der Waals surface area contributed by atoms with Crippen molar-refractivity contribution in [2.75, 3.05) is 0 Å². The van der Waals surface area contributed by atoms with Gasteiger partial charge in [0.1, 0.15) is 17.2 Å². The zero-order valence-corrected chi connectivity index (χ0v) is 15.8. The van der Waals surface area contributed by atoms with E-state index in [0.29, 0.717) is 17.2 Å². The van der Waals surface area contributed by atoms with Crippen molar-refractivity contribution in [1.29, 1.82) is 0 Å². The molecule has 142 valence electrons. The molecule has 7 nitrogen and oxygen atoms in total. The second kappa shape index (κ2) is 10.7. The number of phosphoric acid groups is 1. The van der Waals surface area contributed by atoms with Gasteiger partial charge < -0.3 is 28.3 Å². The fourth-order valence-electron chi connectivity index (χ4n) is 1.76. The van der Waals surface area contributed by atoms with Gasteiger partial charge in [-0.2, -0.15) is 0 Å². The molecule has 0 amide bonds. The first kappa shape index (κ1) is 20.9. The lowest BCUT2D eigenvalue weighted by Gasteiger charge is -2.17. The minimum atomic E-state index is -4.64. The smallest absolute Gasteiger partial charge is 0.409 e. The van der Waals surface area contributed by atoms with E-state index in [1.807, 2.05) is 91.0 Å². The van der Waals surface area contributed by atoms with Crippen molar-refractivity contribution in [2.45, 2.75) is 0 Å². The molecule has 0 aliphatic heterocycles. The van der Waals surface area contributed by atoms with E-state index in [-0.39, 0.29) is 0 Å². The van der Waals surface area contributed by atoms with Gasteiger partial charge in [-0.15, -0.1) is 0 Å². The summed E-state index contributed by atoms with van der Waals surface area (Å²) in [6, 6.07) is 28.5. The maximum absolute atomic E-state index is 8.88. The number of rotatable bonds is 6. The predicted octanol–water partition coefficient (Wildman–Crippen LogP) is 4.52. The van der Waals surface area contributed by atoms with E-state index in [1.165, 1.54) is 0 Å². The second-order valence-corrected chi connectivity index (χ2v) is 6.97. The lowest BCUT2D eigenvalue weighted by Crippen LogP contribution is -2.02. The van der Waals surface area contributed by atoms with Crippen molar-refractivity contribution in [1.82, 2.24) is 0 Å². The van der Waals surface area contributed by atoms with Crippen LogP contribution in [0.5, 0.6) is 17.2 Å². The maximum Gasteiger partial charge on any atom is 0.530 e. The summed E-state index contributed by atoms with van der Waals surface area (Å²) < 4.78 is 26.4. The molecule has 9 heteroatoms. The SMILES string of the molecule is O=P(O)(O)O.c1ccc(OP(Oc2ccccc2)Oc2ccccc2)cc1. The first-order valence-electron chi connectivity index (χ1n) is 7.67. The zero-order valence-electron chi connectivity index (χ0n) is 14.0. The summed E-state index contributed by atoms with van der Waals surface area (Å²) >= 11 is 0. The second-order valence-electron chi connectivity index (χ2n) is 4.95. The fourth-order valence-corrected chi connectivity index (χ4v) is 2.75. The molecular formula is C18H18O7P2. The minimum Gasteiger partial charge on any atom is -0.409 e. The number of benzene rings is 3. The summed E-state index contributed by atoms with van der Waals surface area (Å²) in [6.07, 6.45) is 0. The largest absolute Gasteiger partial charge is 0.530 e. The highest BCUT2D eigenvalue weighted by Crippen LogP contribution is 2.41. The van der Waals surface area contributed by atoms with E-state index in [0.717, 1.165) is 0 Å². The van der Waals surface area contributed by atoms with Crippen molar-refractivity contribution >= 4 is 16.4 Å². The lowest BCUT2D eigenvalue weighted by molar-refractivity contribution is 0.275. The molecule has 27 heavy (non-hydrogen) atoms. The highest BCUT2D eigenvalue weighted by molar-refractivity contribution is 7.45. The number of hydrogen-bond donors (Lipinski definition) is 3. The average molecular weight is 408 g/mol. The van der Waals surface area contributed by atoms with Gasteiger partial charge in [0.25, 0.3) is 0 Å². The summed E-state index contributed by atoms with van der Waals surface area (Å²) in [5.41, 5.74) is 0. The summed E-state index contributed by atoms with van der Waals surface area (Å²) in [4.78, 5) is 21.6. The standard InChI is InChI=1S/C18H15O3P.H3O4P/c1-4-10-16(11-5-1)19-22(20-17-12-6-2-7-13-17)21-18-14-8-3-9-15-18;1-5(2,3)4/h1-15H;(H3,1,2,3,4). The molecule has 0 fully saturated rings. The Bertz CT molecular complexity index is 719. The summed E-state index contributed by atoms with van der Waals surface area (Å²) in [5.74, 6) is 2.13. The van der Waals surface area contributed by atoms with E-state index in [4.69, 9.17) is 32.8 Å². The topological polar surface area (TPSA) is 105 Å². The Morgan fingerprint density at radius 1 is 0.556 bits per heavy atom. The third-order valence-electron chi connectivity index (χ3n) is 2.77.